The lowest BCUT2D eigenvalue weighted by Crippen LogP contribution is -2.48. The van der Waals surface area contributed by atoms with Crippen LogP contribution in [0.2, 0.25) is 0 Å². The quantitative estimate of drug-likeness (QED) is 0.600. The third-order valence-corrected chi connectivity index (χ3v) is 6.95. The van der Waals surface area contributed by atoms with Crippen LogP contribution >= 0.6 is 38.6 Å². The van der Waals surface area contributed by atoms with Crippen LogP contribution in [0.15, 0.2) is 34.2 Å². The maximum Gasteiger partial charge on any atom is 0.206 e. The van der Waals surface area contributed by atoms with Crippen molar-refractivity contribution in [2.24, 2.45) is 0 Å². The molecule has 4 rings (SSSR count). The van der Waals surface area contributed by atoms with Gasteiger partial charge >= 0.3 is 0 Å². The van der Waals surface area contributed by atoms with Gasteiger partial charge in [0.15, 0.2) is 5.01 Å². The molecule has 0 unspecified atom stereocenters. The van der Waals surface area contributed by atoms with Gasteiger partial charge in [-0.25, -0.2) is 8.78 Å². The van der Waals surface area contributed by atoms with Gasteiger partial charge in [-0.2, -0.15) is 0 Å². The molecule has 1 N–H and O–H groups in total. The molecule has 3 aromatic rings. The highest BCUT2D eigenvalue weighted by atomic mass is 79.9. The number of alkyl halides is 1. The first-order chi connectivity index (χ1) is 12.1. The number of thiophene rings is 1. The highest BCUT2D eigenvalue weighted by molar-refractivity contribution is 9.11. The fraction of sp³-hybridized carbons (Fsp3) is 0.312. The van der Waals surface area contributed by atoms with E-state index in [2.05, 4.69) is 36.4 Å². The van der Waals surface area contributed by atoms with Crippen molar-refractivity contribution in [2.45, 2.75) is 24.4 Å². The van der Waals surface area contributed by atoms with Gasteiger partial charge in [-0.3, -0.25) is 4.98 Å². The van der Waals surface area contributed by atoms with Gasteiger partial charge in [-0.15, -0.1) is 21.5 Å². The van der Waals surface area contributed by atoms with Crippen molar-refractivity contribution < 1.29 is 8.78 Å². The molecular weight excluding hydrogens is 430 g/mol. The summed E-state index contributed by atoms with van der Waals surface area (Å²) >= 11 is 6.43. The number of hydrogen-bond acceptors (Lipinski definition) is 6. The summed E-state index contributed by atoms with van der Waals surface area (Å²) in [6.45, 7) is 0.379. The predicted octanol–water partition coefficient (Wildman–Crippen LogP) is 5.05. The molecule has 0 saturated heterocycles. The molecule has 3 aromatic heterocycles. The first kappa shape index (κ1) is 17.0. The van der Waals surface area contributed by atoms with E-state index in [1.807, 2.05) is 12.1 Å². The average Bonchev–Trinajstić information content (AvgIpc) is 3.20. The molecule has 0 amide bonds. The summed E-state index contributed by atoms with van der Waals surface area (Å²) in [5.41, 5.74) is -0.314. The van der Waals surface area contributed by atoms with Gasteiger partial charge in [0.05, 0.1) is 14.4 Å². The Morgan fingerprint density at radius 1 is 1.24 bits per heavy atom. The first-order valence-electron chi connectivity index (χ1n) is 7.64. The van der Waals surface area contributed by atoms with Crippen LogP contribution in [0.3, 0.4) is 0 Å². The van der Waals surface area contributed by atoms with Gasteiger partial charge in [0.1, 0.15) is 12.0 Å². The number of halogens is 3. The fourth-order valence-electron chi connectivity index (χ4n) is 3.05. The first-order valence-corrected chi connectivity index (χ1v) is 10.1. The second-order valence-electron chi connectivity index (χ2n) is 5.99. The topological polar surface area (TPSA) is 50.7 Å². The highest BCUT2D eigenvalue weighted by Crippen LogP contribution is 2.46. The van der Waals surface area contributed by atoms with Gasteiger partial charge in [-0.1, -0.05) is 11.3 Å². The number of nitrogens with one attached hydrogen (secondary N) is 1. The Balaban J connectivity index is 1.51. The fourth-order valence-corrected chi connectivity index (χ4v) is 5.23. The van der Waals surface area contributed by atoms with E-state index >= 15 is 0 Å². The summed E-state index contributed by atoms with van der Waals surface area (Å²) in [6.07, 6.45) is 1.15. The molecule has 0 atom stereocenters. The summed E-state index contributed by atoms with van der Waals surface area (Å²) in [5, 5.41) is 13.0. The highest BCUT2D eigenvalue weighted by Gasteiger charge is 2.48. The zero-order valence-corrected chi connectivity index (χ0v) is 16.1. The van der Waals surface area contributed by atoms with E-state index in [0.717, 1.165) is 13.7 Å². The van der Waals surface area contributed by atoms with Crippen molar-refractivity contribution in [3.8, 4) is 9.88 Å². The average molecular weight is 443 g/mol. The molecular formula is C16H13BrF2N4S2. The van der Waals surface area contributed by atoms with Gasteiger partial charge in [0.25, 0.3) is 0 Å². The Labute approximate surface area is 159 Å². The maximum atomic E-state index is 14.1. The minimum Gasteiger partial charge on any atom is -0.359 e. The summed E-state index contributed by atoms with van der Waals surface area (Å²) in [7, 11) is 0. The number of nitrogens with zero attached hydrogens (tertiary/aromatic N) is 3. The van der Waals surface area contributed by atoms with Gasteiger partial charge < -0.3 is 5.32 Å². The summed E-state index contributed by atoms with van der Waals surface area (Å²) < 4.78 is 28.8. The van der Waals surface area contributed by atoms with Crippen molar-refractivity contribution in [1.29, 1.82) is 0 Å². The monoisotopic (exact) mass is 442 g/mol. The van der Waals surface area contributed by atoms with Gasteiger partial charge in [0.2, 0.25) is 5.13 Å². The molecule has 1 aliphatic rings. The second-order valence-corrected chi connectivity index (χ2v) is 9.43. The molecule has 0 aromatic carbocycles. The molecule has 1 saturated carbocycles. The summed E-state index contributed by atoms with van der Waals surface area (Å²) in [4.78, 5) is 5.18. The Hall–Kier alpha value is -1.45. The zero-order chi connectivity index (χ0) is 17.4. The van der Waals surface area contributed by atoms with Gasteiger partial charge in [-0.05, 0) is 53.0 Å². The standard InChI is InChI=1S/C16H13BrF2N4S2/c17-12-4-3-11(24-12)14-22-23-15(25-14)21-8-16(6-9(18)7-16)13-10(19)2-1-5-20-13/h1-5,9H,6-8H2,(H,21,23). The number of hydrogen-bond donors (Lipinski definition) is 1. The number of anilines is 1. The maximum absolute atomic E-state index is 14.1. The molecule has 3 heterocycles. The smallest absolute Gasteiger partial charge is 0.206 e. The van der Waals surface area contributed by atoms with Crippen LogP contribution in [0.25, 0.3) is 9.88 Å². The Morgan fingerprint density at radius 2 is 2.08 bits per heavy atom. The minimum absolute atomic E-state index is 0.261. The van der Waals surface area contributed by atoms with Crippen molar-refractivity contribution in [2.75, 3.05) is 11.9 Å². The van der Waals surface area contributed by atoms with Crippen LogP contribution < -0.4 is 5.32 Å². The van der Waals surface area contributed by atoms with Crippen molar-refractivity contribution in [3.05, 3.63) is 45.8 Å². The normalized spacial score (nSPS) is 22.6. The zero-order valence-electron chi connectivity index (χ0n) is 12.9. The number of aromatic nitrogens is 3. The SMILES string of the molecule is Fc1cccnc1C1(CNc2nnc(-c3ccc(Br)s3)s2)CC(F)C1. The van der Waals surface area contributed by atoms with E-state index in [1.165, 1.54) is 17.4 Å². The molecule has 1 fully saturated rings. The number of pyridine rings is 1. The second kappa shape index (κ2) is 6.69. The van der Waals surface area contributed by atoms with Crippen LogP contribution in [-0.2, 0) is 5.41 Å². The van der Waals surface area contributed by atoms with Gasteiger partial charge in [0, 0.05) is 18.2 Å². The van der Waals surface area contributed by atoms with E-state index in [9.17, 15) is 8.78 Å². The van der Waals surface area contributed by atoms with E-state index in [1.54, 1.807) is 23.6 Å². The largest absolute Gasteiger partial charge is 0.359 e. The Bertz CT molecular complexity index is 892. The van der Waals surface area contributed by atoms with Crippen molar-refractivity contribution in [1.82, 2.24) is 15.2 Å². The predicted molar refractivity (Wildman–Crippen MR) is 99.4 cm³/mol. The van der Waals surface area contributed by atoms with E-state index in [0.29, 0.717) is 17.4 Å². The van der Waals surface area contributed by atoms with Crippen LogP contribution in [0.5, 0.6) is 0 Å². The molecule has 0 bridgehead atoms. The molecule has 0 aliphatic heterocycles. The summed E-state index contributed by atoms with van der Waals surface area (Å²) in [6, 6.07) is 6.85. The molecule has 0 radical (unpaired) electrons. The molecule has 4 nitrogen and oxygen atoms in total. The lowest BCUT2D eigenvalue weighted by atomic mass is 9.65. The van der Waals surface area contributed by atoms with E-state index in [-0.39, 0.29) is 12.8 Å². The lowest BCUT2D eigenvalue weighted by molar-refractivity contribution is 0.0965. The Kier molecular flexibility index (Phi) is 4.55. The van der Waals surface area contributed by atoms with Crippen molar-refractivity contribution >= 4 is 43.7 Å². The molecule has 9 heteroatoms. The van der Waals surface area contributed by atoms with E-state index < -0.39 is 17.4 Å². The van der Waals surface area contributed by atoms with Crippen LogP contribution in [0.1, 0.15) is 18.5 Å². The Morgan fingerprint density at radius 3 is 2.76 bits per heavy atom. The van der Waals surface area contributed by atoms with E-state index in [4.69, 9.17) is 0 Å². The molecule has 1 aliphatic carbocycles. The minimum atomic E-state index is -0.920. The van der Waals surface area contributed by atoms with Crippen molar-refractivity contribution in [3.63, 3.8) is 0 Å². The lowest BCUT2D eigenvalue weighted by Gasteiger charge is -2.43. The number of rotatable bonds is 5. The molecule has 25 heavy (non-hydrogen) atoms. The third kappa shape index (κ3) is 3.32. The van der Waals surface area contributed by atoms with Crippen LogP contribution in [0.4, 0.5) is 13.9 Å². The molecule has 0 spiro atoms. The van der Waals surface area contributed by atoms with Crippen LogP contribution in [-0.4, -0.2) is 27.9 Å². The summed E-state index contributed by atoms with van der Waals surface area (Å²) in [5.74, 6) is -0.391. The molecule has 130 valence electrons. The van der Waals surface area contributed by atoms with Crippen LogP contribution in [0, 0.1) is 5.82 Å². The third-order valence-electron chi connectivity index (χ3n) is 4.27.